The van der Waals surface area contributed by atoms with Gasteiger partial charge in [0.25, 0.3) is 0 Å². The fourth-order valence-corrected chi connectivity index (χ4v) is 3.24. The normalized spacial score (nSPS) is 12.1. The first-order valence-corrected chi connectivity index (χ1v) is 9.69. The minimum absolute atomic E-state index is 0.0265. The van der Waals surface area contributed by atoms with Crippen molar-refractivity contribution in [1.29, 1.82) is 0 Å². The van der Waals surface area contributed by atoms with Gasteiger partial charge in [-0.2, -0.15) is 0 Å². The number of carboxylic acids is 1. The molecule has 0 aliphatic heterocycles. The standard InChI is InChI=1S/C20H23BrClNO4/c1-12(2)19(20(24)25)23-10-14-8-17(26-3)18(9-15(14)21)27-11-13-6-4-5-7-16(13)22/h4-9,12,19,23H,10-11H2,1-3H3,(H,24,25). The number of rotatable bonds is 9. The zero-order valence-corrected chi connectivity index (χ0v) is 17.8. The molecule has 1 unspecified atom stereocenters. The number of ether oxygens (including phenoxy) is 2. The monoisotopic (exact) mass is 455 g/mol. The predicted octanol–water partition coefficient (Wildman–Crippen LogP) is 4.89. The third kappa shape index (κ3) is 5.86. The van der Waals surface area contributed by atoms with Crippen molar-refractivity contribution in [2.75, 3.05) is 7.11 Å². The van der Waals surface area contributed by atoms with E-state index in [1.165, 1.54) is 0 Å². The average Bonchev–Trinajstić information content (AvgIpc) is 2.62. The lowest BCUT2D eigenvalue weighted by Crippen LogP contribution is -2.40. The van der Waals surface area contributed by atoms with Gasteiger partial charge in [-0.1, -0.05) is 59.6 Å². The zero-order chi connectivity index (χ0) is 20.0. The number of methoxy groups -OCH3 is 1. The summed E-state index contributed by atoms with van der Waals surface area (Å²) in [5, 5.41) is 13.0. The molecule has 0 saturated carbocycles. The largest absolute Gasteiger partial charge is 0.493 e. The molecule has 1 atom stereocenters. The van der Waals surface area contributed by atoms with Crippen LogP contribution >= 0.6 is 27.5 Å². The SMILES string of the molecule is COc1cc(CNC(C(=O)O)C(C)C)c(Br)cc1OCc1ccccc1Cl. The van der Waals surface area contributed by atoms with Crippen LogP contribution in [0.2, 0.25) is 5.02 Å². The van der Waals surface area contributed by atoms with Crippen molar-refractivity contribution in [2.45, 2.75) is 33.0 Å². The Morgan fingerprint density at radius 2 is 1.93 bits per heavy atom. The zero-order valence-electron chi connectivity index (χ0n) is 15.5. The van der Waals surface area contributed by atoms with Crippen LogP contribution in [0, 0.1) is 5.92 Å². The molecule has 2 rings (SSSR count). The van der Waals surface area contributed by atoms with Crippen molar-refractivity contribution in [2.24, 2.45) is 5.92 Å². The van der Waals surface area contributed by atoms with Crippen molar-refractivity contribution in [1.82, 2.24) is 5.32 Å². The highest BCUT2D eigenvalue weighted by Gasteiger charge is 2.21. The maximum Gasteiger partial charge on any atom is 0.320 e. The van der Waals surface area contributed by atoms with E-state index in [-0.39, 0.29) is 5.92 Å². The third-order valence-corrected chi connectivity index (χ3v) is 5.23. The van der Waals surface area contributed by atoms with Crippen LogP contribution in [0.1, 0.15) is 25.0 Å². The van der Waals surface area contributed by atoms with Crippen LogP contribution in [-0.2, 0) is 17.9 Å². The van der Waals surface area contributed by atoms with Crippen LogP contribution in [0.5, 0.6) is 11.5 Å². The molecule has 0 bridgehead atoms. The lowest BCUT2D eigenvalue weighted by Gasteiger charge is -2.19. The van der Waals surface area contributed by atoms with Gasteiger partial charge in [-0.15, -0.1) is 0 Å². The lowest BCUT2D eigenvalue weighted by atomic mass is 10.0. The topological polar surface area (TPSA) is 67.8 Å². The maximum absolute atomic E-state index is 11.3. The minimum Gasteiger partial charge on any atom is -0.493 e. The Labute approximate surface area is 172 Å². The van der Waals surface area contributed by atoms with Gasteiger partial charge in [0.1, 0.15) is 12.6 Å². The smallest absolute Gasteiger partial charge is 0.320 e. The molecule has 0 aliphatic carbocycles. The summed E-state index contributed by atoms with van der Waals surface area (Å²) >= 11 is 9.69. The molecule has 0 saturated heterocycles. The van der Waals surface area contributed by atoms with Gasteiger partial charge >= 0.3 is 5.97 Å². The van der Waals surface area contributed by atoms with E-state index >= 15 is 0 Å². The van der Waals surface area contributed by atoms with Gasteiger partial charge in [0, 0.05) is 21.6 Å². The second-order valence-corrected chi connectivity index (χ2v) is 7.68. The fraction of sp³-hybridized carbons (Fsp3) is 0.350. The van der Waals surface area contributed by atoms with Gasteiger partial charge < -0.3 is 19.9 Å². The second kappa shape index (κ2) is 9.97. The van der Waals surface area contributed by atoms with E-state index in [0.717, 1.165) is 15.6 Å². The Hall–Kier alpha value is -1.76. The van der Waals surface area contributed by atoms with Crippen molar-refractivity contribution in [3.63, 3.8) is 0 Å². The summed E-state index contributed by atoms with van der Waals surface area (Å²) in [6, 6.07) is 10.5. The van der Waals surface area contributed by atoms with E-state index in [9.17, 15) is 9.90 Å². The molecule has 7 heteroatoms. The highest BCUT2D eigenvalue weighted by atomic mass is 79.9. The number of carbonyl (C=O) groups is 1. The first-order chi connectivity index (χ1) is 12.8. The molecular formula is C20H23BrClNO4. The molecule has 146 valence electrons. The molecule has 0 heterocycles. The molecule has 2 aromatic rings. The van der Waals surface area contributed by atoms with Crippen LogP contribution in [0.25, 0.3) is 0 Å². The fourth-order valence-electron chi connectivity index (χ4n) is 2.58. The summed E-state index contributed by atoms with van der Waals surface area (Å²) < 4.78 is 12.1. The second-order valence-electron chi connectivity index (χ2n) is 6.42. The van der Waals surface area contributed by atoms with Crippen LogP contribution in [0.3, 0.4) is 0 Å². The molecule has 2 N–H and O–H groups in total. The quantitative estimate of drug-likeness (QED) is 0.562. The third-order valence-electron chi connectivity index (χ3n) is 4.12. The Bertz CT molecular complexity index is 798. The van der Waals surface area contributed by atoms with Crippen LogP contribution in [-0.4, -0.2) is 24.2 Å². The molecule has 27 heavy (non-hydrogen) atoms. The van der Waals surface area contributed by atoms with Crippen molar-refractivity contribution < 1.29 is 19.4 Å². The number of hydrogen-bond acceptors (Lipinski definition) is 4. The summed E-state index contributed by atoms with van der Waals surface area (Å²) in [7, 11) is 1.57. The van der Waals surface area contributed by atoms with E-state index in [1.54, 1.807) is 7.11 Å². The Morgan fingerprint density at radius 3 is 2.52 bits per heavy atom. The van der Waals surface area contributed by atoms with E-state index < -0.39 is 12.0 Å². The van der Waals surface area contributed by atoms with Gasteiger partial charge in [0.15, 0.2) is 11.5 Å². The Morgan fingerprint density at radius 1 is 1.22 bits per heavy atom. The summed E-state index contributed by atoms with van der Waals surface area (Å²) in [5.41, 5.74) is 1.76. The highest BCUT2D eigenvalue weighted by molar-refractivity contribution is 9.10. The van der Waals surface area contributed by atoms with Gasteiger partial charge in [-0.25, -0.2) is 0 Å². The molecule has 0 aromatic heterocycles. The van der Waals surface area contributed by atoms with Gasteiger partial charge in [0.05, 0.1) is 7.11 Å². The molecule has 0 spiro atoms. The number of hydrogen-bond donors (Lipinski definition) is 2. The molecule has 0 aliphatic rings. The molecule has 2 aromatic carbocycles. The number of benzene rings is 2. The summed E-state index contributed by atoms with van der Waals surface area (Å²) in [5.74, 6) is 0.249. The number of aliphatic carboxylic acids is 1. The maximum atomic E-state index is 11.3. The van der Waals surface area contributed by atoms with Crippen LogP contribution in [0.4, 0.5) is 0 Å². The first kappa shape index (κ1) is 21.5. The lowest BCUT2D eigenvalue weighted by molar-refractivity contribution is -0.140. The Balaban J connectivity index is 2.14. The van der Waals surface area contributed by atoms with E-state index in [4.69, 9.17) is 21.1 Å². The van der Waals surface area contributed by atoms with Gasteiger partial charge in [0.2, 0.25) is 0 Å². The number of halogens is 2. The van der Waals surface area contributed by atoms with Crippen LogP contribution < -0.4 is 14.8 Å². The molecule has 5 nitrogen and oxygen atoms in total. The highest BCUT2D eigenvalue weighted by Crippen LogP contribution is 2.34. The van der Waals surface area contributed by atoms with Gasteiger partial charge in [-0.05, 0) is 29.7 Å². The minimum atomic E-state index is -0.868. The summed E-state index contributed by atoms with van der Waals surface area (Å²) in [6.07, 6.45) is 0. The summed E-state index contributed by atoms with van der Waals surface area (Å²) in [4.78, 5) is 11.3. The van der Waals surface area contributed by atoms with E-state index in [2.05, 4.69) is 21.2 Å². The molecule has 0 fully saturated rings. The summed E-state index contributed by atoms with van der Waals surface area (Å²) in [6.45, 7) is 4.44. The van der Waals surface area contributed by atoms with Crippen molar-refractivity contribution in [3.05, 3.63) is 57.0 Å². The Kier molecular flexibility index (Phi) is 7.95. The van der Waals surface area contributed by atoms with Crippen molar-refractivity contribution >= 4 is 33.5 Å². The molecular weight excluding hydrogens is 434 g/mol. The predicted molar refractivity (Wildman–Crippen MR) is 110 cm³/mol. The van der Waals surface area contributed by atoms with Crippen molar-refractivity contribution in [3.8, 4) is 11.5 Å². The van der Waals surface area contributed by atoms with E-state index in [0.29, 0.717) is 29.7 Å². The van der Waals surface area contributed by atoms with Gasteiger partial charge in [-0.3, -0.25) is 4.79 Å². The first-order valence-electron chi connectivity index (χ1n) is 8.52. The molecule has 0 radical (unpaired) electrons. The van der Waals surface area contributed by atoms with Crippen LogP contribution in [0.15, 0.2) is 40.9 Å². The molecule has 0 amide bonds. The average molecular weight is 457 g/mol. The number of nitrogens with one attached hydrogen (secondary N) is 1. The number of carboxylic acid groups (broad SMARTS) is 1. The van der Waals surface area contributed by atoms with E-state index in [1.807, 2.05) is 50.2 Å².